The molecule has 0 aliphatic heterocycles. The summed E-state index contributed by atoms with van der Waals surface area (Å²) in [7, 11) is 0. The van der Waals surface area contributed by atoms with Crippen molar-refractivity contribution < 1.29 is 5.21 Å². The van der Waals surface area contributed by atoms with Gasteiger partial charge in [0.1, 0.15) is 10.7 Å². The van der Waals surface area contributed by atoms with Gasteiger partial charge in [-0.1, -0.05) is 34.6 Å². The Hall–Kier alpha value is -1.79. The van der Waals surface area contributed by atoms with Crippen LogP contribution in [0.25, 0.3) is 0 Å². The normalized spacial score (nSPS) is 11.5. The Labute approximate surface area is 113 Å². The molecule has 2 aromatic rings. The monoisotopic (exact) mass is 280 g/mol. The lowest BCUT2D eigenvalue weighted by molar-refractivity contribution is 0.318. The number of nitrogens with two attached hydrogens (primary N) is 1. The highest BCUT2D eigenvalue weighted by Gasteiger charge is 2.04. The highest BCUT2D eigenvalue weighted by molar-refractivity contribution is 7.99. The topological polar surface area (TPSA) is 84.4 Å². The maximum atomic E-state index is 8.50. The Kier molecular flexibility index (Phi) is 4.01. The number of benzene rings is 1. The first-order valence-corrected chi connectivity index (χ1v) is 6.12. The first-order chi connectivity index (χ1) is 8.69. The minimum Gasteiger partial charge on any atom is -0.409 e. The molecule has 0 bridgehead atoms. The highest BCUT2D eigenvalue weighted by atomic mass is 35.5. The van der Waals surface area contributed by atoms with E-state index in [4.69, 9.17) is 22.5 Å². The number of hydrogen-bond acceptors (Lipinski definition) is 5. The molecule has 92 valence electrons. The van der Waals surface area contributed by atoms with Crippen molar-refractivity contribution in [2.45, 2.75) is 9.92 Å². The maximum Gasteiger partial charge on any atom is 0.190 e. The van der Waals surface area contributed by atoms with Crippen LogP contribution in [0.15, 0.2) is 51.7 Å². The van der Waals surface area contributed by atoms with Gasteiger partial charge in [0, 0.05) is 9.92 Å². The smallest absolute Gasteiger partial charge is 0.190 e. The molecule has 0 radical (unpaired) electrons. The maximum absolute atomic E-state index is 8.50. The van der Waals surface area contributed by atoms with Gasteiger partial charge in [-0.25, -0.2) is 9.97 Å². The van der Waals surface area contributed by atoms with E-state index in [0.29, 0.717) is 15.7 Å². The molecule has 5 nitrogen and oxygen atoms in total. The minimum absolute atomic E-state index is 0.0678. The third-order valence-electron chi connectivity index (χ3n) is 2.02. The van der Waals surface area contributed by atoms with Crippen molar-refractivity contribution in [1.29, 1.82) is 0 Å². The van der Waals surface area contributed by atoms with E-state index < -0.39 is 0 Å². The largest absolute Gasteiger partial charge is 0.409 e. The molecule has 3 N–H and O–H groups in total. The number of rotatable bonds is 3. The summed E-state index contributed by atoms with van der Waals surface area (Å²) < 4.78 is 0. The molecule has 0 saturated carbocycles. The summed E-state index contributed by atoms with van der Waals surface area (Å²) in [5.74, 6) is -0.0678. The van der Waals surface area contributed by atoms with Gasteiger partial charge in [0.15, 0.2) is 5.84 Å². The Bertz CT molecular complexity index is 574. The third kappa shape index (κ3) is 3.12. The fourth-order valence-corrected chi connectivity index (χ4v) is 2.24. The van der Waals surface area contributed by atoms with Gasteiger partial charge in [-0.15, -0.1) is 0 Å². The lowest BCUT2D eigenvalue weighted by Gasteiger charge is -2.02. The zero-order valence-corrected chi connectivity index (χ0v) is 10.7. The molecule has 1 heterocycles. The first-order valence-electron chi connectivity index (χ1n) is 4.92. The van der Waals surface area contributed by atoms with Crippen LogP contribution in [-0.4, -0.2) is 21.0 Å². The fourth-order valence-electron chi connectivity index (χ4n) is 1.20. The Morgan fingerprint density at radius 2 is 2.17 bits per heavy atom. The van der Waals surface area contributed by atoms with Crippen LogP contribution >= 0.6 is 23.4 Å². The zero-order valence-electron chi connectivity index (χ0n) is 9.12. The summed E-state index contributed by atoms with van der Waals surface area (Å²) in [4.78, 5) is 9.16. The molecule has 18 heavy (non-hydrogen) atoms. The van der Waals surface area contributed by atoms with E-state index in [1.807, 2.05) is 18.2 Å². The predicted octanol–water partition coefficient (Wildman–Crippen LogP) is 2.38. The van der Waals surface area contributed by atoms with Crippen molar-refractivity contribution in [3.63, 3.8) is 0 Å². The van der Waals surface area contributed by atoms with E-state index in [1.165, 1.54) is 18.0 Å². The number of nitrogens with zero attached hydrogens (tertiary/aromatic N) is 3. The van der Waals surface area contributed by atoms with Crippen molar-refractivity contribution in [3.8, 4) is 0 Å². The molecule has 7 heteroatoms. The van der Waals surface area contributed by atoms with Crippen molar-refractivity contribution in [2.75, 3.05) is 0 Å². The molecule has 0 fully saturated rings. The molecule has 0 unspecified atom stereocenters. The lowest BCUT2D eigenvalue weighted by atomic mass is 10.4. The van der Waals surface area contributed by atoms with Crippen LogP contribution in [0.1, 0.15) is 5.69 Å². The molecular weight excluding hydrogens is 272 g/mol. The van der Waals surface area contributed by atoms with Crippen LogP contribution in [0.5, 0.6) is 0 Å². The molecule has 2 rings (SSSR count). The quantitative estimate of drug-likeness (QED) is 0.390. The number of oxime groups is 1. The van der Waals surface area contributed by atoms with Gasteiger partial charge < -0.3 is 10.9 Å². The molecule has 0 saturated heterocycles. The summed E-state index contributed by atoms with van der Waals surface area (Å²) in [5, 5.41) is 12.7. The van der Waals surface area contributed by atoms with Crippen LogP contribution in [0.2, 0.25) is 5.02 Å². The minimum atomic E-state index is -0.0678. The fraction of sp³-hybridized carbons (Fsp3) is 0. The van der Waals surface area contributed by atoms with Crippen molar-refractivity contribution in [3.05, 3.63) is 47.4 Å². The number of aromatic nitrogens is 2. The van der Waals surface area contributed by atoms with E-state index in [0.717, 1.165) is 4.90 Å². The summed E-state index contributed by atoms with van der Waals surface area (Å²) >= 11 is 7.32. The van der Waals surface area contributed by atoms with Crippen LogP contribution in [0.4, 0.5) is 0 Å². The molecule has 0 atom stereocenters. The second kappa shape index (κ2) is 5.70. The summed E-state index contributed by atoms with van der Waals surface area (Å²) in [6, 6.07) is 7.43. The Balaban J connectivity index is 2.16. The van der Waals surface area contributed by atoms with Gasteiger partial charge in [0.25, 0.3) is 0 Å². The Morgan fingerprint density at radius 3 is 2.78 bits per heavy atom. The molecule has 0 aliphatic rings. The van der Waals surface area contributed by atoms with Crippen molar-refractivity contribution in [2.24, 2.45) is 10.9 Å². The molecule has 0 aliphatic carbocycles. The second-order valence-electron chi connectivity index (χ2n) is 3.28. The van der Waals surface area contributed by atoms with Crippen molar-refractivity contribution in [1.82, 2.24) is 9.97 Å². The van der Waals surface area contributed by atoms with Gasteiger partial charge in [-0.05, 0) is 18.2 Å². The summed E-state index contributed by atoms with van der Waals surface area (Å²) in [5.41, 5.74) is 5.72. The predicted molar refractivity (Wildman–Crippen MR) is 70.1 cm³/mol. The Morgan fingerprint density at radius 1 is 1.33 bits per heavy atom. The van der Waals surface area contributed by atoms with Gasteiger partial charge in [0.2, 0.25) is 0 Å². The zero-order chi connectivity index (χ0) is 13.0. The lowest BCUT2D eigenvalue weighted by Crippen LogP contribution is -2.15. The van der Waals surface area contributed by atoms with E-state index in [9.17, 15) is 0 Å². The second-order valence-corrected chi connectivity index (χ2v) is 4.81. The molecule has 0 spiro atoms. The number of hydrogen-bond donors (Lipinski definition) is 2. The van der Waals surface area contributed by atoms with Crippen LogP contribution in [0.3, 0.4) is 0 Å². The van der Waals surface area contributed by atoms with Gasteiger partial charge >= 0.3 is 0 Å². The standard InChI is InChI=1S/C11H9ClN4OS/c12-7-2-1-3-8(4-7)18-10-6-14-9(5-15-10)11(13)16-17/h1-6,17H,(H2,13,16). The van der Waals surface area contributed by atoms with E-state index >= 15 is 0 Å². The van der Waals surface area contributed by atoms with Gasteiger partial charge in [-0.3, -0.25) is 0 Å². The average molecular weight is 281 g/mol. The van der Waals surface area contributed by atoms with Gasteiger partial charge in [-0.2, -0.15) is 0 Å². The molecule has 0 amide bonds. The van der Waals surface area contributed by atoms with Crippen LogP contribution < -0.4 is 5.73 Å². The van der Waals surface area contributed by atoms with Crippen LogP contribution in [-0.2, 0) is 0 Å². The SMILES string of the molecule is NC(=NO)c1cnc(Sc2cccc(Cl)c2)cn1. The summed E-state index contributed by atoms with van der Waals surface area (Å²) in [6.07, 6.45) is 3.00. The number of amidine groups is 1. The average Bonchev–Trinajstić information content (AvgIpc) is 2.39. The molecular formula is C11H9ClN4OS. The third-order valence-corrected chi connectivity index (χ3v) is 3.16. The molecule has 1 aromatic heterocycles. The van der Waals surface area contributed by atoms with E-state index in [1.54, 1.807) is 12.3 Å². The highest BCUT2D eigenvalue weighted by Crippen LogP contribution is 2.27. The van der Waals surface area contributed by atoms with E-state index in [2.05, 4.69) is 15.1 Å². The number of halogens is 1. The van der Waals surface area contributed by atoms with Gasteiger partial charge in [0.05, 0.1) is 12.4 Å². The molecule has 1 aromatic carbocycles. The van der Waals surface area contributed by atoms with Crippen molar-refractivity contribution >= 4 is 29.2 Å². The first kappa shape index (κ1) is 12.7. The van der Waals surface area contributed by atoms with Crippen LogP contribution in [0, 0.1) is 0 Å². The summed E-state index contributed by atoms with van der Waals surface area (Å²) in [6.45, 7) is 0. The van der Waals surface area contributed by atoms with E-state index in [-0.39, 0.29) is 5.84 Å².